The smallest absolute Gasteiger partial charge is 0.223 e. The Bertz CT molecular complexity index is 298. The van der Waals surface area contributed by atoms with Gasteiger partial charge in [-0.3, -0.25) is 4.79 Å². The van der Waals surface area contributed by atoms with Crippen LogP contribution in [0.4, 0.5) is 0 Å². The largest absolute Gasteiger partial charge is 0.349 e. The van der Waals surface area contributed by atoms with Crippen molar-refractivity contribution in [2.45, 2.75) is 25.9 Å². The summed E-state index contributed by atoms with van der Waals surface area (Å²) in [4.78, 5) is 17.2. The number of aromatic nitrogens is 1. The lowest BCUT2D eigenvalue weighted by molar-refractivity contribution is -0.129. The lowest BCUT2D eigenvalue weighted by atomic mass is 10.2. The summed E-state index contributed by atoms with van der Waals surface area (Å²) in [6, 6.07) is 0.182. The monoisotopic (exact) mass is 227 g/mol. The van der Waals surface area contributed by atoms with Crippen LogP contribution in [0.1, 0.15) is 19.0 Å². The van der Waals surface area contributed by atoms with E-state index in [9.17, 15) is 4.79 Å². The summed E-state index contributed by atoms with van der Waals surface area (Å²) < 4.78 is 0. The number of amides is 1. The molecule has 15 heavy (non-hydrogen) atoms. The second-order valence-electron chi connectivity index (χ2n) is 3.75. The summed E-state index contributed by atoms with van der Waals surface area (Å²) in [6.07, 6.45) is 0.525. The fourth-order valence-corrected chi connectivity index (χ4v) is 1.68. The van der Waals surface area contributed by atoms with Gasteiger partial charge in [0.1, 0.15) is 0 Å². The molecular formula is C10H17N3OS. The molecule has 0 saturated carbocycles. The first-order valence-electron chi connectivity index (χ1n) is 4.90. The van der Waals surface area contributed by atoms with E-state index in [1.54, 1.807) is 30.3 Å². The highest BCUT2D eigenvalue weighted by atomic mass is 32.1. The maximum absolute atomic E-state index is 11.4. The molecule has 1 heterocycles. The quantitative estimate of drug-likeness (QED) is 0.819. The van der Waals surface area contributed by atoms with Crippen LogP contribution in [-0.4, -0.2) is 35.9 Å². The van der Waals surface area contributed by atoms with Gasteiger partial charge in [-0.05, 0) is 6.92 Å². The first kappa shape index (κ1) is 12.1. The molecule has 1 atom stereocenters. The van der Waals surface area contributed by atoms with Crippen LogP contribution < -0.4 is 5.32 Å². The van der Waals surface area contributed by atoms with Gasteiger partial charge in [-0.1, -0.05) is 0 Å². The Hall–Kier alpha value is -0.940. The van der Waals surface area contributed by atoms with E-state index in [2.05, 4.69) is 10.3 Å². The van der Waals surface area contributed by atoms with Crippen molar-refractivity contribution in [2.24, 2.45) is 0 Å². The van der Waals surface area contributed by atoms with E-state index in [-0.39, 0.29) is 11.9 Å². The predicted molar refractivity (Wildman–Crippen MR) is 61.7 cm³/mol. The lowest BCUT2D eigenvalue weighted by Crippen LogP contribution is -2.33. The predicted octanol–water partition coefficient (Wildman–Crippen LogP) is 1.10. The Kier molecular flexibility index (Phi) is 4.71. The first-order valence-corrected chi connectivity index (χ1v) is 5.84. The van der Waals surface area contributed by atoms with Crippen molar-refractivity contribution in [3.63, 3.8) is 0 Å². The fourth-order valence-electron chi connectivity index (χ4n) is 1.12. The number of nitrogens with one attached hydrogen (secondary N) is 1. The molecule has 84 valence electrons. The molecule has 1 aromatic rings. The van der Waals surface area contributed by atoms with Gasteiger partial charge in [-0.25, -0.2) is 4.98 Å². The van der Waals surface area contributed by atoms with Crippen LogP contribution in [0.25, 0.3) is 0 Å². The molecule has 0 aliphatic carbocycles. The first-order chi connectivity index (χ1) is 7.09. The highest BCUT2D eigenvalue weighted by Gasteiger charge is 2.10. The number of carbonyl (C=O) groups is 1. The van der Waals surface area contributed by atoms with Gasteiger partial charge >= 0.3 is 0 Å². The average Bonchev–Trinajstić information content (AvgIpc) is 2.66. The van der Waals surface area contributed by atoms with Gasteiger partial charge in [-0.2, -0.15) is 0 Å². The minimum atomic E-state index is 0.147. The fraction of sp³-hybridized carbons (Fsp3) is 0.600. The molecule has 0 spiro atoms. The van der Waals surface area contributed by atoms with Gasteiger partial charge in [0.2, 0.25) is 5.91 Å². The maximum Gasteiger partial charge on any atom is 0.223 e. The Balaban J connectivity index is 2.24. The Morgan fingerprint density at radius 2 is 2.40 bits per heavy atom. The summed E-state index contributed by atoms with van der Waals surface area (Å²) >= 11 is 1.58. The number of nitrogens with zero attached hydrogens (tertiary/aromatic N) is 2. The number of rotatable bonds is 5. The molecule has 1 unspecified atom stereocenters. The van der Waals surface area contributed by atoms with Crippen LogP contribution in [-0.2, 0) is 11.3 Å². The van der Waals surface area contributed by atoms with E-state index < -0.39 is 0 Å². The molecule has 5 heteroatoms. The van der Waals surface area contributed by atoms with Crippen LogP contribution in [0.5, 0.6) is 0 Å². The third kappa shape index (κ3) is 4.40. The Morgan fingerprint density at radius 3 is 2.93 bits per heavy atom. The summed E-state index contributed by atoms with van der Waals surface area (Å²) in [5, 5.41) is 5.27. The molecule has 1 rings (SSSR count). The van der Waals surface area contributed by atoms with Crippen molar-refractivity contribution in [3.05, 3.63) is 16.6 Å². The molecule has 0 fully saturated rings. The van der Waals surface area contributed by atoms with Crippen molar-refractivity contribution in [1.82, 2.24) is 15.2 Å². The zero-order valence-corrected chi connectivity index (χ0v) is 10.2. The van der Waals surface area contributed by atoms with Crippen molar-refractivity contribution in [2.75, 3.05) is 14.1 Å². The third-order valence-electron chi connectivity index (χ3n) is 2.09. The minimum absolute atomic E-state index is 0.147. The van der Waals surface area contributed by atoms with Crippen LogP contribution in [0.15, 0.2) is 10.9 Å². The van der Waals surface area contributed by atoms with E-state index >= 15 is 0 Å². The van der Waals surface area contributed by atoms with Crippen molar-refractivity contribution in [3.8, 4) is 0 Å². The second-order valence-corrected chi connectivity index (χ2v) is 4.47. The zero-order chi connectivity index (χ0) is 11.3. The number of carbonyl (C=O) groups excluding carboxylic acids is 1. The number of hydrogen-bond acceptors (Lipinski definition) is 4. The van der Waals surface area contributed by atoms with Gasteiger partial charge in [0.25, 0.3) is 0 Å². The number of thiazole rings is 1. The molecule has 1 N–H and O–H groups in total. The van der Waals surface area contributed by atoms with E-state index in [0.29, 0.717) is 6.42 Å². The SMILES string of the molecule is CC(CC(=O)N(C)C)NCc1cscn1. The maximum atomic E-state index is 11.4. The molecule has 4 nitrogen and oxygen atoms in total. The molecule has 0 aromatic carbocycles. The standard InChI is InChI=1S/C10H17N3OS/c1-8(4-10(14)13(2)3)11-5-9-6-15-7-12-9/h6-8,11H,4-5H2,1-3H3. The molecular weight excluding hydrogens is 210 g/mol. The van der Waals surface area contributed by atoms with E-state index in [4.69, 9.17) is 0 Å². The third-order valence-corrected chi connectivity index (χ3v) is 2.73. The van der Waals surface area contributed by atoms with E-state index in [1.165, 1.54) is 0 Å². The molecule has 1 aromatic heterocycles. The Morgan fingerprint density at radius 1 is 1.67 bits per heavy atom. The summed E-state index contributed by atoms with van der Waals surface area (Å²) in [5.74, 6) is 0.147. The van der Waals surface area contributed by atoms with Crippen LogP contribution >= 0.6 is 11.3 Å². The zero-order valence-electron chi connectivity index (χ0n) is 9.36. The highest BCUT2D eigenvalue weighted by Crippen LogP contribution is 2.02. The van der Waals surface area contributed by atoms with E-state index in [1.807, 2.05) is 17.8 Å². The lowest BCUT2D eigenvalue weighted by Gasteiger charge is -2.15. The molecule has 0 aliphatic heterocycles. The van der Waals surface area contributed by atoms with Crippen molar-refractivity contribution in [1.29, 1.82) is 0 Å². The van der Waals surface area contributed by atoms with Crippen molar-refractivity contribution < 1.29 is 4.79 Å². The molecule has 0 radical (unpaired) electrons. The molecule has 0 aliphatic rings. The molecule has 0 bridgehead atoms. The van der Waals surface area contributed by atoms with Crippen LogP contribution in [0, 0.1) is 0 Å². The van der Waals surface area contributed by atoms with Gasteiger partial charge in [-0.15, -0.1) is 11.3 Å². The van der Waals surface area contributed by atoms with Crippen LogP contribution in [0.3, 0.4) is 0 Å². The highest BCUT2D eigenvalue weighted by molar-refractivity contribution is 7.07. The van der Waals surface area contributed by atoms with E-state index in [0.717, 1.165) is 12.2 Å². The topological polar surface area (TPSA) is 45.2 Å². The Labute approximate surface area is 94.3 Å². The summed E-state index contributed by atoms with van der Waals surface area (Å²) in [5.41, 5.74) is 2.84. The normalized spacial score (nSPS) is 12.5. The average molecular weight is 227 g/mol. The molecule has 0 saturated heterocycles. The van der Waals surface area contributed by atoms with Gasteiger partial charge in [0.05, 0.1) is 11.2 Å². The summed E-state index contributed by atoms with van der Waals surface area (Å²) in [6.45, 7) is 2.74. The second kappa shape index (κ2) is 5.82. The minimum Gasteiger partial charge on any atom is -0.349 e. The number of hydrogen-bond donors (Lipinski definition) is 1. The van der Waals surface area contributed by atoms with Crippen LogP contribution in [0.2, 0.25) is 0 Å². The van der Waals surface area contributed by atoms with Gasteiger partial charge in [0.15, 0.2) is 0 Å². The van der Waals surface area contributed by atoms with Crippen molar-refractivity contribution >= 4 is 17.2 Å². The molecule has 1 amide bonds. The van der Waals surface area contributed by atoms with Gasteiger partial charge < -0.3 is 10.2 Å². The van der Waals surface area contributed by atoms with Gasteiger partial charge in [0, 0.05) is 38.5 Å². The summed E-state index contributed by atoms with van der Waals surface area (Å²) in [7, 11) is 3.55.